The molecule has 0 aromatic carbocycles. The smallest absolute Gasteiger partial charge is 0.0586 e. The highest BCUT2D eigenvalue weighted by molar-refractivity contribution is 5.71. The summed E-state index contributed by atoms with van der Waals surface area (Å²) in [7, 11) is 0. The SMILES string of the molecule is CC(C)CNC(C(=O)[O-])C(C)C.[NH4+]. The predicted molar refractivity (Wildman–Crippen MR) is 52.5 cm³/mol. The zero-order valence-electron chi connectivity index (χ0n) is 9.26. The van der Waals surface area contributed by atoms with Gasteiger partial charge in [0, 0.05) is 6.04 Å². The molecule has 80 valence electrons. The fourth-order valence-electron chi connectivity index (χ4n) is 0.954. The Morgan fingerprint density at radius 2 is 1.77 bits per heavy atom. The number of quaternary nitrogens is 1. The first kappa shape index (κ1) is 14.9. The maximum Gasteiger partial charge on any atom is 0.0586 e. The molecule has 0 rings (SSSR count). The Morgan fingerprint density at radius 3 is 2.00 bits per heavy atom. The van der Waals surface area contributed by atoms with E-state index in [9.17, 15) is 9.90 Å². The second-order valence-corrected chi connectivity index (χ2v) is 3.84. The Balaban J connectivity index is 0. The summed E-state index contributed by atoms with van der Waals surface area (Å²) in [6, 6.07) is -0.521. The lowest BCUT2D eigenvalue weighted by molar-refractivity contribution is -0.309. The summed E-state index contributed by atoms with van der Waals surface area (Å²) in [4.78, 5) is 10.6. The molecule has 0 saturated heterocycles. The Bertz CT molecular complexity index is 147. The van der Waals surface area contributed by atoms with E-state index in [4.69, 9.17) is 0 Å². The van der Waals surface area contributed by atoms with Crippen molar-refractivity contribution in [3.63, 3.8) is 0 Å². The van der Waals surface area contributed by atoms with Crippen LogP contribution in [0, 0.1) is 11.8 Å². The number of rotatable bonds is 5. The molecule has 1 unspecified atom stereocenters. The van der Waals surface area contributed by atoms with Crippen LogP contribution in [0.15, 0.2) is 0 Å². The minimum absolute atomic E-state index is 0. The maximum atomic E-state index is 10.6. The molecule has 0 aliphatic heterocycles. The zero-order chi connectivity index (χ0) is 9.72. The second-order valence-electron chi connectivity index (χ2n) is 3.84. The number of hydrogen-bond donors (Lipinski definition) is 2. The van der Waals surface area contributed by atoms with E-state index >= 15 is 0 Å². The molecule has 0 radical (unpaired) electrons. The molecule has 0 bridgehead atoms. The highest BCUT2D eigenvalue weighted by Crippen LogP contribution is 2.01. The molecule has 0 aliphatic rings. The average Bonchev–Trinajstić information content (AvgIpc) is 1.84. The monoisotopic (exact) mass is 190 g/mol. The molecule has 5 N–H and O–H groups in total. The van der Waals surface area contributed by atoms with Crippen LogP contribution >= 0.6 is 0 Å². The summed E-state index contributed by atoms with van der Waals surface area (Å²) in [5.74, 6) is -0.468. The van der Waals surface area contributed by atoms with Gasteiger partial charge in [0.2, 0.25) is 0 Å². The topological polar surface area (TPSA) is 88.7 Å². The predicted octanol–water partition coefficient (Wildman–Crippen LogP) is 0.383. The lowest BCUT2D eigenvalue weighted by atomic mass is 10.0. The van der Waals surface area contributed by atoms with E-state index in [1.54, 1.807) is 0 Å². The quantitative estimate of drug-likeness (QED) is 0.657. The van der Waals surface area contributed by atoms with Crippen molar-refractivity contribution in [1.82, 2.24) is 11.5 Å². The standard InChI is InChI=1S/C9H19NO2.H3N/c1-6(2)5-10-8(7(3)4)9(11)12;/h6-8,10H,5H2,1-4H3,(H,11,12);1H3. The number of carbonyl (C=O) groups excluding carboxylic acids is 1. The molecule has 13 heavy (non-hydrogen) atoms. The van der Waals surface area contributed by atoms with E-state index in [0.717, 1.165) is 6.54 Å². The van der Waals surface area contributed by atoms with Gasteiger partial charge in [-0.3, -0.25) is 0 Å². The Kier molecular flexibility index (Phi) is 7.85. The van der Waals surface area contributed by atoms with Gasteiger partial charge in [0.1, 0.15) is 0 Å². The molecule has 0 heterocycles. The molecule has 0 spiro atoms. The Labute approximate surface area is 80.3 Å². The van der Waals surface area contributed by atoms with Gasteiger partial charge >= 0.3 is 0 Å². The minimum Gasteiger partial charge on any atom is -0.548 e. The average molecular weight is 190 g/mol. The van der Waals surface area contributed by atoms with Crippen molar-refractivity contribution in [2.45, 2.75) is 33.7 Å². The third kappa shape index (κ3) is 6.54. The molecule has 4 nitrogen and oxygen atoms in total. The molecule has 0 aromatic rings. The van der Waals surface area contributed by atoms with Crippen molar-refractivity contribution >= 4 is 5.97 Å². The maximum absolute atomic E-state index is 10.6. The highest BCUT2D eigenvalue weighted by atomic mass is 16.4. The summed E-state index contributed by atoms with van der Waals surface area (Å²) in [5.41, 5.74) is 0. The van der Waals surface area contributed by atoms with Gasteiger partial charge in [-0.05, 0) is 18.4 Å². The summed E-state index contributed by atoms with van der Waals surface area (Å²) in [6.07, 6.45) is 0. The third-order valence-electron chi connectivity index (χ3n) is 1.67. The highest BCUT2D eigenvalue weighted by Gasteiger charge is 2.13. The van der Waals surface area contributed by atoms with Gasteiger partial charge in [-0.15, -0.1) is 0 Å². The summed E-state index contributed by atoms with van der Waals surface area (Å²) in [5, 5.41) is 13.5. The van der Waals surface area contributed by atoms with E-state index in [1.807, 2.05) is 27.7 Å². The molecular weight excluding hydrogens is 168 g/mol. The van der Waals surface area contributed by atoms with Gasteiger partial charge < -0.3 is 21.4 Å². The van der Waals surface area contributed by atoms with E-state index in [-0.39, 0.29) is 12.1 Å². The molecule has 0 aromatic heterocycles. The number of nitrogens with one attached hydrogen (secondary N) is 1. The summed E-state index contributed by atoms with van der Waals surface area (Å²) in [6.45, 7) is 8.54. The van der Waals surface area contributed by atoms with E-state index in [1.165, 1.54) is 0 Å². The van der Waals surface area contributed by atoms with Crippen LogP contribution in [0.25, 0.3) is 0 Å². The lowest BCUT2D eigenvalue weighted by Crippen LogP contribution is -2.49. The van der Waals surface area contributed by atoms with Crippen molar-refractivity contribution in [3.8, 4) is 0 Å². The van der Waals surface area contributed by atoms with Gasteiger partial charge in [-0.25, -0.2) is 0 Å². The minimum atomic E-state index is -1.01. The van der Waals surface area contributed by atoms with Crippen molar-refractivity contribution in [3.05, 3.63) is 0 Å². The van der Waals surface area contributed by atoms with Crippen LogP contribution in [0.3, 0.4) is 0 Å². The molecule has 0 fully saturated rings. The molecule has 1 atom stereocenters. The van der Waals surface area contributed by atoms with Crippen LogP contribution in [0.5, 0.6) is 0 Å². The fraction of sp³-hybridized carbons (Fsp3) is 0.889. The van der Waals surface area contributed by atoms with Crippen LogP contribution < -0.4 is 16.6 Å². The van der Waals surface area contributed by atoms with E-state index < -0.39 is 12.0 Å². The molecule has 0 amide bonds. The Hall–Kier alpha value is -0.610. The van der Waals surface area contributed by atoms with Gasteiger partial charge in [0.05, 0.1) is 5.97 Å². The fourth-order valence-corrected chi connectivity index (χ4v) is 0.954. The van der Waals surface area contributed by atoms with Crippen LogP contribution in [-0.2, 0) is 4.79 Å². The second kappa shape index (κ2) is 6.86. The zero-order valence-corrected chi connectivity index (χ0v) is 9.26. The van der Waals surface area contributed by atoms with E-state index in [2.05, 4.69) is 5.32 Å². The van der Waals surface area contributed by atoms with Gasteiger partial charge in [0.25, 0.3) is 0 Å². The van der Waals surface area contributed by atoms with E-state index in [0.29, 0.717) is 5.92 Å². The van der Waals surface area contributed by atoms with Gasteiger partial charge in [0.15, 0.2) is 0 Å². The van der Waals surface area contributed by atoms with Crippen molar-refractivity contribution in [2.24, 2.45) is 11.8 Å². The molecule has 0 aliphatic carbocycles. The van der Waals surface area contributed by atoms with Crippen LogP contribution in [0.4, 0.5) is 0 Å². The molecule has 4 heteroatoms. The van der Waals surface area contributed by atoms with Crippen molar-refractivity contribution < 1.29 is 9.90 Å². The van der Waals surface area contributed by atoms with Crippen molar-refractivity contribution in [1.29, 1.82) is 0 Å². The third-order valence-corrected chi connectivity index (χ3v) is 1.67. The van der Waals surface area contributed by atoms with Crippen LogP contribution in [0.2, 0.25) is 0 Å². The summed E-state index contributed by atoms with van der Waals surface area (Å²) < 4.78 is 0. The van der Waals surface area contributed by atoms with Crippen molar-refractivity contribution in [2.75, 3.05) is 6.54 Å². The first-order valence-electron chi connectivity index (χ1n) is 4.39. The largest absolute Gasteiger partial charge is 0.548 e. The lowest BCUT2D eigenvalue weighted by Gasteiger charge is -2.24. The number of carboxylic acids is 1. The molecular formula is C9H22N2O2. The number of carbonyl (C=O) groups is 1. The van der Waals surface area contributed by atoms with Crippen LogP contribution in [0.1, 0.15) is 27.7 Å². The first-order chi connectivity index (χ1) is 5.45. The number of carboxylic acid groups (broad SMARTS) is 1. The molecule has 0 saturated carbocycles. The summed E-state index contributed by atoms with van der Waals surface area (Å²) >= 11 is 0. The van der Waals surface area contributed by atoms with Gasteiger partial charge in [-0.1, -0.05) is 27.7 Å². The number of hydrogen-bond acceptors (Lipinski definition) is 3. The Morgan fingerprint density at radius 1 is 1.31 bits per heavy atom. The normalized spacial score (nSPS) is 12.8. The van der Waals surface area contributed by atoms with Gasteiger partial charge in [-0.2, -0.15) is 0 Å². The number of aliphatic carboxylic acids is 1. The first-order valence-corrected chi connectivity index (χ1v) is 4.39. The van der Waals surface area contributed by atoms with Crippen LogP contribution in [-0.4, -0.2) is 18.6 Å².